The maximum absolute atomic E-state index is 13.2. The Hall–Kier alpha value is -3.15. The minimum Gasteiger partial charge on any atom is -0.492 e. The van der Waals surface area contributed by atoms with Gasteiger partial charge in [-0.25, -0.2) is 0 Å². The monoisotopic (exact) mass is 505 g/mol. The van der Waals surface area contributed by atoms with E-state index in [0.29, 0.717) is 44.3 Å². The number of piperidine rings is 1. The molecule has 0 spiro atoms. The average molecular weight is 506 g/mol. The number of benzene rings is 1. The lowest BCUT2D eigenvalue weighted by Crippen LogP contribution is -2.49. The molecule has 0 bridgehead atoms. The first-order valence-electron chi connectivity index (χ1n) is 12.3. The van der Waals surface area contributed by atoms with Gasteiger partial charge in [-0.15, -0.1) is 10.2 Å². The van der Waals surface area contributed by atoms with Crippen LogP contribution in [-0.4, -0.2) is 94.2 Å². The summed E-state index contributed by atoms with van der Waals surface area (Å²) in [5.41, 5.74) is 1.23. The Morgan fingerprint density at radius 3 is 2.47 bits per heavy atom. The number of amidine groups is 1. The number of nitrogens with zero attached hydrogens (tertiary/aromatic N) is 7. The first-order chi connectivity index (χ1) is 17.3. The third kappa shape index (κ3) is 5.32. The van der Waals surface area contributed by atoms with Crippen molar-refractivity contribution in [3.05, 3.63) is 41.5 Å². The molecule has 1 aromatic heterocycles. The lowest BCUT2D eigenvalue weighted by molar-refractivity contribution is -0.147. The van der Waals surface area contributed by atoms with Gasteiger partial charge in [0, 0.05) is 52.6 Å². The van der Waals surface area contributed by atoms with Gasteiger partial charge in [0.05, 0.1) is 6.54 Å². The fraction of sp³-hybridized carbons (Fsp3) is 0.583. The molecular formula is C24H30F3N7O2. The van der Waals surface area contributed by atoms with Gasteiger partial charge < -0.3 is 14.5 Å². The fourth-order valence-corrected chi connectivity index (χ4v) is 4.96. The molecule has 12 heteroatoms. The van der Waals surface area contributed by atoms with E-state index in [9.17, 15) is 18.0 Å². The minimum absolute atomic E-state index is 0.141. The standard InChI is InChI=1S/C24H30F3N7O2/c1-31-12-13-32(16-22(31)35)14-15-36-19-4-2-17(3-5-19)18-8-10-33(11-9-18)21-7-6-20-28-29-23(24(25,26)27)34(20)30-21/h2-5,18H,6-16H2,1H3. The Morgan fingerprint density at radius 2 is 1.78 bits per heavy atom. The molecule has 4 heterocycles. The molecule has 1 amide bonds. The highest BCUT2D eigenvalue weighted by molar-refractivity contribution is 5.83. The second kappa shape index (κ2) is 10.1. The summed E-state index contributed by atoms with van der Waals surface area (Å²) in [7, 11) is 1.83. The number of aryl methyl sites for hydroxylation is 1. The van der Waals surface area contributed by atoms with Crippen LogP contribution in [0.2, 0.25) is 0 Å². The smallest absolute Gasteiger partial charge is 0.453 e. The van der Waals surface area contributed by atoms with Crippen molar-refractivity contribution in [2.24, 2.45) is 5.10 Å². The number of hydrogen-bond donors (Lipinski definition) is 0. The molecule has 0 saturated carbocycles. The zero-order valence-corrected chi connectivity index (χ0v) is 20.2. The summed E-state index contributed by atoms with van der Waals surface area (Å²) in [5, 5.41) is 11.2. The van der Waals surface area contributed by atoms with Crippen LogP contribution in [0.25, 0.3) is 0 Å². The highest BCUT2D eigenvalue weighted by atomic mass is 19.4. The first-order valence-corrected chi connectivity index (χ1v) is 12.3. The highest BCUT2D eigenvalue weighted by Gasteiger charge is 2.40. The SMILES string of the molecule is CN1CCN(CCOc2ccc(C3CCN(C4=Nn5c(nnc5C(F)(F)F)CC4)CC3)cc2)CC1=O. The number of likely N-dealkylation sites (N-methyl/N-ethyl adjacent to an activating group) is 1. The van der Waals surface area contributed by atoms with E-state index in [1.54, 1.807) is 4.90 Å². The number of likely N-dealkylation sites (tertiary alicyclic amines) is 1. The molecule has 3 aliphatic rings. The summed E-state index contributed by atoms with van der Waals surface area (Å²) in [4.78, 5) is 17.7. The fourth-order valence-electron chi connectivity index (χ4n) is 4.96. The van der Waals surface area contributed by atoms with Gasteiger partial charge in [0.15, 0.2) is 5.82 Å². The van der Waals surface area contributed by atoms with Crippen LogP contribution < -0.4 is 4.74 Å². The van der Waals surface area contributed by atoms with Crippen LogP contribution >= 0.6 is 0 Å². The van der Waals surface area contributed by atoms with E-state index in [-0.39, 0.29) is 11.7 Å². The number of rotatable bonds is 5. The van der Waals surface area contributed by atoms with Gasteiger partial charge in [0.2, 0.25) is 5.91 Å². The van der Waals surface area contributed by atoms with E-state index >= 15 is 0 Å². The number of carbonyl (C=O) groups is 1. The molecule has 5 rings (SSSR count). The number of carbonyl (C=O) groups excluding carboxylic acids is 1. The van der Waals surface area contributed by atoms with Crippen molar-refractivity contribution in [3.8, 4) is 5.75 Å². The van der Waals surface area contributed by atoms with E-state index in [0.717, 1.165) is 49.4 Å². The number of aromatic nitrogens is 3. The zero-order valence-electron chi connectivity index (χ0n) is 20.2. The number of hydrogen-bond acceptors (Lipinski definition) is 7. The number of halogens is 3. The van der Waals surface area contributed by atoms with Gasteiger partial charge in [0.25, 0.3) is 5.82 Å². The van der Waals surface area contributed by atoms with Crippen molar-refractivity contribution < 1.29 is 22.7 Å². The molecule has 1 aromatic carbocycles. The van der Waals surface area contributed by atoms with Gasteiger partial charge in [-0.05, 0) is 36.5 Å². The summed E-state index contributed by atoms with van der Waals surface area (Å²) in [5.74, 6) is 1.17. The van der Waals surface area contributed by atoms with Crippen molar-refractivity contribution in [1.29, 1.82) is 0 Å². The molecule has 2 saturated heterocycles. The molecule has 0 radical (unpaired) electrons. The topological polar surface area (TPSA) is 79.1 Å². The highest BCUT2D eigenvalue weighted by Crippen LogP contribution is 2.32. The third-order valence-corrected chi connectivity index (χ3v) is 7.17. The van der Waals surface area contributed by atoms with E-state index in [1.165, 1.54) is 5.56 Å². The number of amides is 1. The number of ether oxygens (including phenoxy) is 1. The Balaban J connectivity index is 1.11. The lowest BCUT2D eigenvalue weighted by atomic mass is 9.89. The number of piperazine rings is 1. The minimum atomic E-state index is -4.58. The zero-order chi connectivity index (χ0) is 25.3. The maximum atomic E-state index is 13.2. The molecule has 0 atom stereocenters. The van der Waals surface area contributed by atoms with Crippen molar-refractivity contribution >= 4 is 11.7 Å². The van der Waals surface area contributed by atoms with E-state index in [1.807, 2.05) is 19.2 Å². The molecule has 0 unspecified atom stereocenters. The van der Waals surface area contributed by atoms with Crippen LogP contribution in [0, 0.1) is 0 Å². The van der Waals surface area contributed by atoms with Crippen molar-refractivity contribution in [2.75, 3.05) is 52.9 Å². The Kier molecular flexibility index (Phi) is 6.87. The summed E-state index contributed by atoms with van der Waals surface area (Å²) in [6.45, 7) is 4.77. The van der Waals surface area contributed by atoms with Crippen LogP contribution in [0.5, 0.6) is 5.75 Å². The Bertz CT molecular complexity index is 1110. The van der Waals surface area contributed by atoms with Crippen molar-refractivity contribution in [2.45, 2.75) is 37.8 Å². The molecular weight excluding hydrogens is 475 g/mol. The molecule has 194 valence electrons. The lowest BCUT2D eigenvalue weighted by Gasteiger charge is -2.35. The van der Waals surface area contributed by atoms with Crippen LogP contribution in [0.1, 0.15) is 42.4 Å². The van der Waals surface area contributed by atoms with Gasteiger partial charge in [-0.3, -0.25) is 9.69 Å². The molecule has 2 aromatic rings. The maximum Gasteiger partial charge on any atom is 0.453 e. The average Bonchev–Trinajstić information content (AvgIpc) is 3.31. The molecule has 0 aliphatic carbocycles. The van der Waals surface area contributed by atoms with Gasteiger partial charge >= 0.3 is 6.18 Å². The van der Waals surface area contributed by atoms with E-state index < -0.39 is 12.0 Å². The Morgan fingerprint density at radius 1 is 1.03 bits per heavy atom. The van der Waals surface area contributed by atoms with Crippen molar-refractivity contribution in [1.82, 2.24) is 29.6 Å². The number of fused-ring (bicyclic) bond motifs is 1. The normalized spacial score (nSPS) is 19.9. The van der Waals surface area contributed by atoms with Crippen LogP contribution in [0.15, 0.2) is 29.4 Å². The first kappa shape index (κ1) is 24.5. The Labute approximate surface area is 207 Å². The number of alkyl halides is 3. The summed E-state index contributed by atoms with van der Waals surface area (Å²) >= 11 is 0. The van der Waals surface area contributed by atoms with Crippen LogP contribution in [-0.2, 0) is 17.4 Å². The van der Waals surface area contributed by atoms with Gasteiger partial charge in [0.1, 0.15) is 18.2 Å². The molecule has 2 fully saturated rings. The summed E-state index contributed by atoms with van der Waals surface area (Å²) in [6, 6.07) is 8.14. The molecule has 9 nitrogen and oxygen atoms in total. The van der Waals surface area contributed by atoms with E-state index in [4.69, 9.17) is 4.74 Å². The predicted molar refractivity (Wildman–Crippen MR) is 126 cm³/mol. The third-order valence-electron chi connectivity index (χ3n) is 7.17. The molecule has 0 N–H and O–H groups in total. The van der Waals surface area contributed by atoms with Crippen molar-refractivity contribution in [3.63, 3.8) is 0 Å². The summed E-state index contributed by atoms with van der Waals surface area (Å²) < 4.78 is 46.3. The van der Waals surface area contributed by atoms with Gasteiger partial charge in [-0.1, -0.05) is 12.1 Å². The second-order valence-electron chi connectivity index (χ2n) is 9.54. The molecule has 36 heavy (non-hydrogen) atoms. The van der Waals surface area contributed by atoms with Gasteiger partial charge in [-0.2, -0.15) is 22.9 Å². The quantitative estimate of drug-likeness (QED) is 0.621. The molecule has 3 aliphatic heterocycles. The van der Waals surface area contributed by atoms with E-state index in [2.05, 4.69) is 37.2 Å². The van der Waals surface area contributed by atoms with Crippen LogP contribution in [0.4, 0.5) is 13.2 Å². The predicted octanol–water partition coefficient (Wildman–Crippen LogP) is 2.44. The summed E-state index contributed by atoms with van der Waals surface area (Å²) in [6.07, 6.45) is -1.82. The van der Waals surface area contributed by atoms with Crippen LogP contribution in [0.3, 0.4) is 0 Å². The largest absolute Gasteiger partial charge is 0.492 e. The second-order valence-corrected chi connectivity index (χ2v) is 9.54.